The van der Waals surface area contributed by atoms with Gasteiger partial charge in [0.25, 0.3) is 5.79 Å². The molecule has 0 amide bonds. The molecule has 11 heteroatoms. The van der Waals surface area contributed by atoms with Crippen molar-refractivity contribution in [1.29, 1.82) is 0 Å². The van der Waals surface area contributed by atoms with Gasteiger partial charge >= 0.3 is 24.3 Å². The van der Waals surface area contributed by atoms with Crippen LogP contribution in [0.1, 0.15) is 30.5 Å². The number of ether oxygens (including phenoxy) is 2. The summed E-state index contributed by atoms with van der Waals surface area (Å²) < 4.78 is 87.2. The van der Waals surface area contributed by atoms with Gasteiger partial charge in [0.2, 0.25) is 0 Å². The molecule has 0 bridgehead atoms. The number of esters is 2. The second-order valence-electron chi connectivity index (χ2n) is 5.65. The summed E-state index contributed by atoms with van der Waals surface area (Å²) in [7, 11) is 0. The lowest BCUT2D eigenvalue weighted by molar-refractivity contribution is -0.222. The highest BCUT2D eigenvalue weighted by atomic mass is 35.5. The van der Waals surface area contributed by atoms with Crippen molar-refractivity contribution in [3.8, 4) is 0 Å². The Morgan fingerprint density at radius 1 is 0.962 bits per heavy atom. The number of halogens is 7. The fourth-order valence-electron chi connectivity index (χ4n) is 2.09. The summed E-state index contributed by atoms with van der Waals surface area (Å²) in [6.45, 7) is 2.43. The highest BCUT2D eigenvalue weighted by Gasteiger charge is 2.42. The monoisotopic (exact) mass is 402 g/mol. The lowest BCUT2D eigenvalue weighted by Crippen LogP contribution is -2.41. The van der Waals surface area contributed by atoms with E-state index in [-0.39, 0.29) is 12.1 Å². The highest BCUT2D eigenvalue weighted by molar-refractivity contribution is 6.33. The molecule has 0 atom stereocenters. The van der Waals surface area contributed by atoms with Crippen LogP contribution in [-0.4, -0.2) is 17.7 Å². The number of carbonyl (C=O) groups excluding carboxylic acids is 2. The average molecular weight is 403 g/mol. The van der Waals surface area contributed by atoms with E-state index in [1.54, 1.807) is 0 Å². The Morgan fingerprint density at radius 2 is 1.46 bits per heavy atom. The third-order valence-electron chi connectivity index (χ3n) is 3.17. The standard InChI is InChI=1S/C15H9ClF6O4/c1-13(2)25-11(23)8(12(24)26-13)5-7-9(15(20,21)22)3-6(4-10(7)16)14(17,18)19/h3-5H,1-2H3. The molecule has 1 saturated heterocycles. The Labute approximate surface area is 147 Å². The van der Waals surface area contributed by atoms with Crippen LogP contribution in [0.2, 0.25) is 5.02 Å². The van der Waals surface area contributed by atoms with Crippen LogP contribution >= 0.6 is 11.6 Å². The Morgan fingerprint density at radius 3 is 1.88 bits per heavy atom. The summed E-state index contributed by atoms with van der Waals surface area (Å²) in [5, 5.41) is -0.954. The minimum Gasteiger partial charge on any atom is -0.419 e. The van der Waals surface area contributed by atoms with Crippen molar-refractivity contribution >= 4 is 29.6 Å². The third kappa shape index (κ3) is 4.12. The minimum absolute atomic E-state index is 0.165. The van der Waals surface area contributed by atoms with Crippen molar-refractivity contribution < 1.29 is 45.4 Å². The second kappa shape index (κ2) is 6.19. The quantitative estimate of drug-likeness (QED) is 0.298. The van der Waals surface area contributed by atoms with E-state index in [2.05, 4.69) is 0 Å². The van der Waals surface area contributed by atoms with Gasteiger partial charge in [-0.3, -0.25) is 0 Å². The van der Waals surface area contributed by atoms with E-state index in [1.165, 1.54) is 13.8 Å². The number of rotatable bonds is 1. The van der Waals surface area contributed by atoms with Crippen molar-refractivity contribution in [3.63, 3.8) is 0 Å². The zero-order valence-corrected chi connectivity index (χ0v) is 13.8. The maximum atomic E-state index is 13.2. The number of cyclic esters (lactones) is 2. The van der Waals surface area contributed by atoms with Gasteiger partial charge in [0, 0.05) is 24.4 Å². The summed E-state index contributed by atoms with van der Waals surface area (Å²) in [5.41, 5.74) is -5.32. The Bertz CT molecular complexity index is 786. The van der Waals surface area contributed by atoms with Crippen LogP contribution in [0.3, 0.4) is 0 Å². The van der Waals surface area contributed by atoms with Gasteiger partial charge in [-0.25, -0.2) is 9.59 Å². The number of alkyl halides is 6. The van der Waals surface area contributed by atoms with Gasteiger partial charge in [0.05, 0.1) is 11.1 Å². The summed E-state index contributed by atoms with van der Waals surface area (Å²) in [6, 6.07) is 0.0916. The van der Waals surface area contributed by atoms with E-state index in [0.29, 0.717) is 6.08 Å². The molecule has 2 rings (SSSR count). The van der Waals surface area contributed by atoms with Gasteiger partial charge in [-0.2, -0.15) is 26.3 Å². The largest absolute Gasteiger partial charge is 0.419 e. The van der Waals surface area contributed by atoms with E-state index in [4.69, 9.17) is 21.1 Å². The zero-order valence-electron chi connectivity index (χ0n) is 13.0. The number of benzene rings is 1. The minimum atomic E-state index is -5.24. The molecule has 0 saturated carbocycles. The SMILES string of the molecule is CC1(C)OC(=O)C(=Cc2c(Cl)cc(C(F)(F)F)cc2C(F)(F)F)C(=O)O1. The van der Waals surface area contributed by atoms with E-state index in [9.17, 15) is 35.9 Å². The van der Waals surface area contributed by atoms with Crippen molar-refractivity contribution in [1.82, 2.24) is 0 Å². The average Bonchev–Trinajstić information content (AvgIpc) is 2.40. The lowest BCUT2D eigenvalue weighted by Gasteiger charge is -2.30. The molecule has 0 radical (unpaired) electrons. The fraction of sp³-hybridized carbons (Fsp3) is 0.333. The topological polar surface area (TPSA) is 52.6 Å². The van der Waals surface area contributed by atoms with Gasteiger partial charge in [0.1, 0.15) is 5.57 Å². The molecular formula is C15H9ClF6O4. The van der Waals surface area contributed by atoms with Crippen molar-refractivity contribution in [3.05, 3.63) is 39.4 Å². The summed E-state index contributed by atoms with van der Waals surface area (Å²) >= 11 is 5.57. The van der Waals surface area contributed by atoms with Crippen LogP contribution in [0.15, 0.2) is 17.7 Å². The first kappa shape index (κ1) is 20.1. The van der Waals surface area contributed by atoms with Crippen LogP contribution in [0.5, 0.6) is 0 Å². The molecule has 4 nitrogen and oxygen atoms in total. The molecule has 0 spiro atoms. The molecule has 0 aliphatic carbocycles. The van der Waals surface area contributed by atoms with E-state index in [0.717, 1.165) is 0 Å². The first-order valence-corrected chi connectivity index (χ1v) is 7.16. The van der Waals surface area contributed by atoms with E-state index in [1.807, 2.05) is 0 Å². The third-order valence-corrected chi connectivity index (χ3v) is 3.48. The summed E-state index contributed by atoms with van der Waals surface area (Å²) in [5.74, 6) is -4.23. The maximum Gasteiger partial charge on any atom is 0.417 e. The molecule has 1 aromatic carbocycles. The first-order chi connectivity index (χ1) is 11.6. The van der Waals surface area contributed by atoms with Crippen LogP contribution in [-0.2, 0) is 31.4 Å². The summed E-state index contributed by atoms with van der Waals surface area (Å²) in [4.78, 5) is 23.7. The van der Waals surface area contributed by atoms with Gasteiger partial charge in [0.15, 0.2) is 0 Å². The summed E-state index contributed by atoms with van der Waals surface area (Å²) in [6.07, 6.45) is -9.92. The molecule has 1 fully saturated rings. The molecule has 26 heavy (non-hydrogen) atoms. The lowest BCUT2D eigenvalue weighted by atomic mass is 10.00. The van der Waals surface area contributed by atoms with Crippen LogP contribution in [0.4, 0.5) is 26.3 Å². The molecule has 0 N–H and O–H groups in total. The smallest absolute Gasteiger partial charge is 0.417 e. The Kier molecular flexibility index (Phi) is 4.78. The fourth-order valence-corrected chi connectivity index (χ4v) is 2.36. The van der Waals surface area contributed by atoms with Gasteiger partial charge in [-0.15, -0.1) is 0 Å². The van der Waals surface area contributed by atoms with Crippen LogP contribution < -0.4 is 0 Å². The molecule has 142 valence electrons. The normalized spacial score (nSPS) is 17.7. The molecule has 1 aromatic rings. The van der Waals surface area contributed by atoms with Crippen molar-refractivity contribution in [2.24, 2.45) is 0 Å². The molecule has 1 aliphatic rings. The number of hydrogen-bond donors (Lipinski definition) is 0. The van der Waals surface area contributed by atoms with Crippen LogP contribution in [0, 0.1) is 0 Å². The van der Waals surface area contributed by atoms with Gasteiger partial charge < -0.3 is 9.47 Å². The van der Waals surface area contributed by atoms with Crippen LogP contribution in [0.25, 0.3) is 6.08 Å². The van der Waals surface area contributed by atoms with Gasteiger partial charge in [-0.05, 0) is 18.2 Å². The van der Waals surface area contributed by atoms with E-state index >= 15 is 0 Å². The molecular weight excluding hydrogens is 394 g/mol. The predicted molar refractivity (Wildman–Crippen MR) is 75.7 cm³/mol. The number of hydrogen-bond acceptors (Lipinski definition) is 4. The Balaban J connectivity index is 2.66. The number of carbonyl (C=O) groups is 2. The molecule has 0 aromatic heterocycles. The molecule has 1 aliphatic heterocycles. The predicted octanol–water partition coefficient (Wildman–Crippen LogP) is 4.60. The molecule has 0 unspecified atom stereocenters. The first-order valence-electron chi connectivity index (χ1n) is 6.78. The maximum absolute atomic E-state index is 13.2. The van der Waals surface area contributed by atoms with Gasteiger partial charge in [-0.1, -0.05) is 11.6 Å². The zero-order chi connectivity index (χ0) is 20.1. The highest BCUT2D eigenvalue weighted by Crippen LogP contribution is 2.41. The van der Waals surface area contributed by atoms with Crippen molar-refractivity contribution in [2.45, 2.75) is 32.0 Å². The van der Waals surface area contributed by atoms with Crippen molar-refractivity contribution in [2.75, 3.05) is 0 Å². The second-order valence-corrected chi connectivity index (χ2v) is 6.06. The Hall–Kier alpha value is -2.23. The van der Waals surface area contributed by atoms with E-state index < -0.39 is 57.4 Å². The molecule has 1 heterocycles.